The van der Waals surface area contributed by atoms with E-state index in [-0.39, 0.29) is 29.4 Å². The van der Waals surface area contributed by atoms with Gasteiger partial charge in [0.05, 0.1) is 13.2 Å². The summed E-state index contributed by atoms with van der Waals surface area (Å²) in [5.74, 6) is -0.0328. The Bertz CT molecular complexity index is 312. The van der Waals surface area contributed by atoms with Crippen molar-refractivity contribution in [3.63, 3.8) is 0 Å². The fraction of sp³-hybridized carbons (Fsp3) is 0.833. The first-order valence-electron chi connectivity index (χ1n) is 5.89. The lowest BCUT2D eigenvalue weighted by atomic mass is 9.68. The highest BCUT2D eigenvalue weighted by Crippen LogP contribution is 2.47. The highest BCUT2D eigenvalue weighted by atomic mass is 16.6. The summed E-state index contributed by atoms with van der Waals surface area (Å²) < 4.78 is 9.94. The van der Waals surface area contributed by atoms with Gasteiger partial charge in [-0.25, -0.2) is 0 Å². The Morgan fingerprint density at radius 2 is 2.38 bits per heavy atom. The number of hydrogen-bond donors (Lipinski definition) is 0. The molecule has 0 amide bonds. The van der Waals surface area contributed by atoms with Gasteiger partial charge in [0.2, 0.25) is 0 Å². The molecule has 1 aliphatic carbocycles. The lowest BCUT2D eigenvalue weighted by Crippen LogP contribution is -2.39. The number of methoxy groups -OCH3 is 1. The van der Waals surface area contributed by atoms with E-state index in [9.17, 15) is 9.59 Å². The number of hydrogen-bond acceptors (Lipinski definition) is 4. The molecule has 0 aromatic rings. The van der Waals surface area contributed by atoms with E-state index in [1.54, 1.807) is 0 Å². The van der Waals surface area contributed by atoms with Crippen LogP contribution in [0.4, 0.5) is 0 Å². The van der Waals surface area contributed by atoms with Gasteiger partial charge in [-0.05, 0) is 25.7 Å². The second kappa shape index (κ2) is 4.17. The van der Waals surface area contributed by atoms with Gasteiger partial charge in [0.1, 0.15) is 6.10 Å². The second-order valence-electron chi connectivity index (χ2n) is 4.71. The van der Waals surface area contributed by atoms with Crippen LogP contribution in [0, 0.1) is 5.41 Å². The predicted octanol–water partition coefficient (Wildman–Crippen LogP) is 1.47. The van der Waals surface area contributed by atoms with Gasteiger partial charge >= 0.3 is 5.97 Å². The standard InChI is InChI=1S/C12H18O4/c1-3-12(7-5-9(13)15-2)6-4-8-10(16-8)11(12)14/h8,10H,3-7H2,1-2H3/t8?,10?,12-/m1/s1. The molecule has 2 fully saturated rings. The zero-order valence-electron chi connectivity index (χ0n) is 9.82. The third-order valence-electron chi connectivity index (χ3n) is 3.98. The van der Waals surface area contributed by atoms with Crippen LogP contribution in [0.5, 0.6) is 0 Å². The van der Waals surface area contributed by atoms with Crippen molar-refractivity contribution in [3.05, 3.63) is 0 Å². The molecule has 1 saturated heterocycles. The third-order valence-corrected chi connectivity index (χ3v) is 3.98. The molecule has 90 valence electrons. The minimum absolute atomic E-state index is 0.172. The molecule has 0 aromatic heterocycles. The Labute approximate surface area is 95.3 Å². The topological polar surface area (TPSA) is 55.9 Å². The molecule has 2 unspecified atom stereocenters. The fourth-order valence-corrected chi connectivity index (χ4v) is 2.66. The lowest BCUT2D eigenvalue weighted by molar-refractivity contribution is -0.142. The van der Waals surface area contributed by atoms with Gasteiger partial charge in [-0.15, -0.1) is 0 Å². The summed E-state index contributed by atoms with van der Waals surface area (Å²) in [6, 6.07) is 0. The molecule has 2 aliphatic rings. The minimum atomic E-state index is -0.341. The summed E-state index contributed by atoms with van der Waals surface area (Å²) in [5.41, 5.74) is -0.341. The maximum atomic E-state index is 12.1. The van der Waals surface area contributed by atoms with Crippen LogP contribution in [0.1, 0.15) is 39.0 Å². The monoisotopic (exact) mass is 226 g/mol. The van der Waals surface area contributed by atoms with E-state index in [2.05, 4.69) is 4.74 Å². The van der Waals surface area contributed by atoms with Crippen molar-refractivity contribution < 1.29 is 19.1 Å². The van der Waals surface area contributed by atoms with E-state index in [1.165, 1.54) is 7.11 Å². The van der Waals surface area contributed by atoms with Gasteiger partial charge in [0.25, 0.3) is 0 Å². The number of carbonyl (C=O) groups excluding carboxylic acids is 2. The van der Waals surface area contributed by atoms with E-state index < -0.39 is 0 Å². The van der Waals surface area contributed by atoms with Crippen LogP contribution in [0.15, 0.2) is 0 Å². The van der Waals surface area contributed by atoms with Gasteiger partial charge < -0.3 is 9.47 Å². The van der Waals surface area contributed by atoms with Crippen molar-refractivity contribution in [2.24, 2.45) is 5.41 Å². The Morgan fingerprint density at radius 3 is 3.00 bits per heavy atom. The molecule has 1 aliphatic heterocycles. The third kappa shape index (κ3) is 1.86. The summed E-state index contributed by atoms with van der Waals surface area (Å²) in [5, 5.41) is 0. The van der Waals surface area contributed by atoms with Crippen molar-refractivity contribution in [1.82, 2.24) is 0 Å². The van der Waals surface area contributed by atoms with Crippen molar-refractivity contribution in [2.75, 3.05) is 7.11 Å². The van der Waals surface area contributed by atoms with Crippen molar-refractivity contribution >= 4 is 11.8 Å². The smallest absolute Gasteiger partial charge is 0.305 e. The predicted molar refractivity (Wildman–Crippen MR) is 56.9 cm³/mol. The Morgan fingerprint density at radius 1 is 1.62 bits per heavy atom. The van der Waals surface area contributed by atoms with Gasteiger partial charge in [-0.3, -0.25) is 9.59 Å². The molecule has 2 rings (SSSR count). The fourth-order valence-electron chi connectivity index (χ4n) is 2.66. The molecule has 0 spiro atoms. The molecule has 1 saturated carbocycles. The zero-order chi connectivity index (χ0) is 11.8. The van der Waals surface area contributed by atoms with Crippen LogP contribution in [0.2, 0.25) is 0 Å². The largest absolute Gasteiger partial charge is 0.469 e. The van der Waals surface area contributed by atoms with Crippen molar-refractivity contribution in [3.8, 4) is 0 Å². The molecule has 0 N–H and O–H groups in total. The number of ether oxygens (including phenoxy) is 2. The van der Waals surface area contributed by atoms with Gasteiger partial charge in [0.15, 0.2) is 5.78 Å². The van der Waals surface area contributed by atoms with Crippen LogP contribution in [-0.2, 0) is 19.1 Å². The second-order valence-corrected chi connectivity index (χ2v) is 4.71. The number of esters is 1. The summed E-state index contributed by atoms with van der Waals surface area (Å²) in [6.45, 7) is 2.01. The first-order chi connectivity index (χ1) is 7.63. The number of Topliss-reactive ketones (excluding diaryl/α,β-unsaturated/α-hetero) is 1. The highest BCUT2D eigenvalue weighted by molar-refractivity contribution is 5.92. The Hall–Kier alpha value is -0.900. The van der Waals surface area contributed by atoms with Crippen LogP contribution < -0.4 is 0 Å². The average Bonchev–Trinajstić information content (AvgIpc) is 3.08. The van der Waals surface area contributed by atoms with E-state index in [0.29, 0.717) is 12.8 Å². The average molecular weight is 226 g/mol. The maximum Gasteiger partial charge on any atom is 0.305 e. The van der Waals surface area contributed by atoms with Crippen LogP contribution in [0.3, 0.4) is 0 Å². The molecule has 0 bridgehead atoms. The normalized spacial score (nSPS) is 36.8. The molecule has 4 heteroatoms. The molecular weight excluding hydrogens is 208 g/mol. The van der Waals surface area contributed by atoms with Crippen molar-refractivity contribution in [2.45, 2.75) is 51.2 Å². The number of ketones is 1. The van der Waals surface area contributed by atoms with Gasteiger partial charge in [0, 0.05) is 11.8 Å². The van der Waals surface area contributed by atoms with Gasteiger partial charge in [-0.1, -0.05) is 6.92 Å². The van der Waals surface area contributed by atoms with E-state index >= 15 is 0 Å². The summed E-state index contributed by atoms with van der Waals surface area (Å²) in [4.78, 5) is 23.3. The van der Waals surface area contributed by atoms with E-state index in [1.807, 2.05) is 6.92 Å². The minimum Gasteiger partial charge on any atom is -0.469 e. The quantitative estimate of drug-likeness (QED) is 0.538. The van der Waals surface area contributed by atoms with Crippen molar-refractivity contribution in [1.29, 1.82) is 0 Å². The number of epoxide rings is 1. The zero-order valence-corrected chi connectivity index (χ0v) is 9.82. The SMILES string of the molecule is CC[C@]1(CCC(=O)OC)CCC2OC2C1=O. The highest BCUT2D eigenvalue weighted by Gasteiger charge is 2.56. The molecule has 3 atom stereocenters. The first-order valence-corrected chi connectivity index (χ1v) is 5.89. The number of fused-ring (bicyclic) bond motifs is 1. The van der Waals surface area contributed by atoms with Crippen LogP contribution in [0.25, 0.3) is 0 Å². The molecule has 4 nitrogen and oxygen atoms in total. The number of carbonyl (C=O) groups is 2. The molecule has 0 aromatic carbocycles. The van der Waals surface area contributed by atoms with E-state index in [4.69, 9.17) is 4.74 Å². The Kier molecular flexibility index (Phi) is 3.02. The van der Waals surface area contributed by atoms with Crippen LogP contribution >= 0.6 is 0 Å². The lowest BCUT2D eigenvalue weighted by Gasteiger charge is -2.32. The summed E-state index contributed by atoms with van der Waals surface area (Å²) in [6.07, 6.45) is 3.51. The molecule has 16 heavy (non-hydrogen) atoms. The Balaban J connectivity index is 2.00. The number of rotatable bonds is 4. The summed E-state index contributed by atoms with van der Waals surface area (Å²) in [7, 11) is 1.38. The van der Waals surface area contributed by atoms with Crippen LogP contribution in [-0.4, -0.2) is 31.1 Å². The molecule has 1 heterocycles. The van der Waals surface area contributed by atoms with E-state index in [0.717, 1.165) is 19.3 Å². The van der Waals surface area contributed by atoms with Gasteiger partial charge in [-0.2, -0.15) is 0 Å². The molecular formula is C12H18O4. The molecule has 0 radical (unpaired) electrons. The first kappa shape index (κ1) is 11.6. The summed E-state index contributed by atoms with van der Waals surface area (Å²) >= 11 is 0. The maximum absolute atomic E-state index is 12.1.